The van der Waals surface area contributed by atoms with E-state index in [0.717, 1.165) is 38.2 Å². The van der Waals surface area contributed by atoms with Gasteiger partial charge in [0.25, 0.3) is 5.91 Å². The molecular formula is C39H33N3O3. The SMILES string of the molecule is O=C(c1cccnc1)N1CCN(Cc2ccc(O)cc2)C(=O)C1(Cc1ccc2ccccc2c1)Cc1ccc2ccccc2c1. The molecule has 6 heteroatoms. The number of pyridine rings is 1. The normalized spacial score (nSPS) is 14.6. The average Bonchev–Trinajstić information content (AvgIpc) is 3.08. The van der Waals surface area contributed by atoms with Crippen molar-refractivity contribution in [3.05, 3.63) is 156 Å². The molecular weight excluding hydrogens is 558 g/mol. The predicted octanol–water partition coefficient (Wildman–Crippen LogP) is 6.80. The fourth-order valence-corrected chi connectivity index (χ4v) is 6.64. The van der Waals surface area contributed by atoms with E-state index in [9.17, 15) is 9.90 Å². The fourth-order valence-electron chi connectivity index (χ4n) is 6.64. The molecule has 222 valence electrons. The van der Waals surface area contributed by atoms with E-state index in [1.165, 1.54) is 0 Å². The molecule has 0 atom stereocenters. The molecule has 0 aliphatic carbocycles. The zero-order chi connectivity index (χ0) is 30.8. The van der Waals surface area contributed by atoms with E-state index in [4.69, 9.17) is 0 Å². The minimum Gasteiger partial charge on any atom is -0.508 e. The van der Waals surface area contributed by atoms with Crippen LogP contribution in [0.5, 0.6) is 5.75 Å². The van der Waals surface area contributed by atoms with Gasteiger partial charge in [0.2, 0.25) is 5.91 Å². The number of benzene rings is 5. The second-order valence-corrected chi connectivity index (χ2v) is 11.8. The van der Waals surface area contributed by atoms with Crippen LogP contribution in [0.25, 0.3) is 21.5 Å². The van der Waals surface area contributed by atoms with Crippen LogP contribution in [0.1, 0.15) is 27.0 Å². The molecule has 1 N–H and O–H groups in total. The van der Waals surface area contributed by atoms with E-state index in [1.807, 2.05) is 41.3 Å². The molecule has 45 heavy (non-hydrogen) atoms. The minimum atomic E-state index is -1.20. The summed E-state index contributed by atoms with van der Waals surface area (Å²) in [7, 11) is 0. The highest BCUT2D eigenvalue weighted by molar-refractivity contribution is 6.00. The Morgan fingerprint density at radius 3 is 1.84 bits per heavy atom. The summed E-state index contributed by atoms with van der Waals surface area (Å²) < 4.78 is 0. The Balaban J connectivity index is 1.37. The molecule has 6 nitrogen and oxygen atoms in total. The maximum atomic E-state index is 15.1. The number of fused-ring (bicyclic) bond motifs is 2. The van der Waals surface area contributed by atoms with Gasteiger partial charge in [-0.25, -0.2) is 0 Å². The molecule has 1 aliphatic rings. The number of piperazine rings is 1. The number of aromatic nitrogens is 1. The molecule has 1 saturated heterocycles. The Kier molecular flexibility index (Phi) is 7.47. The van der Waals surface area contributed by atoms with Gasteiger partial charge in [0, 0.05) is 44.9 Å². The van der Waals surface area contributed by atoms with Crippen molar-refractivity contribution in [3.63, 3.8) is 0 Å². The van der Waals surface area contributed by atoms with Crippen LogP contribution in [0.3, 0.4) is 0 Å². The first kappa shape index (κ1) is 28.3. The summed E-state index contributed by atoms with van der Waals surface area (Å²) in [5.74, 6) is -0.124. The highest BCUT2D eigenvalue weighted by Gasteiger charge is 2.51. The quantitative estimate of drug-likeness (QED) is 0.222. The standard InChI is InChI=1S/C39H33N3O3/c43-36-17-13-28(14-18-36)27-41-20-21-42(37(44)35-10-5-19-40-26-35)39(38(41)45,24-29-11-15-31-6-1-3-8-33(31)22-29)25-30-12-16-32-7-2-4-9-34(32)23-30/h1-19,22-23,26,43H,20-21,24-25,27H2. The summed E-state index contributed by atoms with van der Waals surface area (Å²) in [4.78, 5) is 37.3. The first-order chi connectivity index (χ1) is 22.0. The molecule has 1 aromatic heterocycles. The largest absolute Gasteiger partial charge is 0.508 e. The van der Waals surface area contributed by atoms with Crippen molar-refractivity contribution in [2.75, 3.05) is 13.1 Å². The highest BCUT2D eigenvalue weighted by atomic mass is 16.3. The summed E-state index contributed by atoms with van der Waals surface area (Å²) in [5, 5.41) is 14.3. The van der Waals surface area contributed by atoms with E-state index in [0.29, 0.717) is 38.0 Å². The predicted molar refractivity (Wildman–Crippen MR) is 177 cm³/mol. The monoisotopic (exact) mass is 591 g/mol. The van der Waals surface area contributed by atoms with Crippen molar-refractivity contribution in [3.8, 4) is 5.75 Å². The van der Waals surface area contributed by atoms with Crippen molar-refractivity contribution >= 4 is 33.4 Å². The Morgan fingerprint density at radius 2 is 1.27 bits per heavy atom. The maximum absolute atomic E-state index is 15.1. The molecule has 0 unspecified atom stereocenters. The number of carbonyl (C=O) groups excluding carboxylic acids is 2. The van der Waals surface area contributed by atoms with Crippen LogP contribution in [-0.4, -0.2) is 50.3 Å². The first-order valence-corrected chi connectivity index (χ1v) is 15.2. The molecule has 0 saturated carbocycles. The molecule has 0 bridgehead atoms. The molecule has 2 amide bonds. The maximum Gasteiger partial charge on any atom is 0.256 e. The van der Waals surface area contributed by atoms with Crippen LogP contribution in [0.15, 0.2) is 134 Å². The smallest absolute Gasteiger partial charge is 0.256 e. The lowest BCUT2D eigenvalue weighted by molar-refractivity contribution is -0.149. The van der Waals surface area contributed by atoms with Crippen LogP contribution >= 0.6 is 0 Å². The third kappa shape index (κ3) is 5.63. The van der Waals surface area contributed by atoms with Crippen LogP contribution in [0.4, 0.5) is 0 Å². The topological polar surface area (TPSA) is 73.7 Å². The number of phenolic OH excluding ortho intramolecular Hbond substituents is 1. The van der Waals surface area contributed by atoms with Gasteiger partial charge in [-0.15, -0.1) is 0 Å². The molecule has 1 aliphatic heterocycles. The zero-order valence-electron chi connectivity index (χ0n) is 24.8. The van der Waals surface area contributed by atoms with E-state index in [-0.39, 0.29) is 17.6 Å². The zero-order valence-corrected chi connectivity index (χ0v) is 24.8. The fraction of sp³-hybridized carbons (Fsp3) is 0.154. The van der Waals surface area contributed by atoms with E-state index in [2.05, 4.69) is 65.6 Å². The molecule has 6 aromatic rings. The van der Waals surface area contributed by atoms with Gasteiger partial charge >= 0.3 is 0 Å². The molecule has 0 spiro atoms. The van der Waals surface area contributed by atoms with Crippen LogP contribution < -0.4 is 0 Å². The van der Waals surface area contributed by atoms with E-state index in [1.54, 1.807) is 41.6 Å². The van der Waals surface area contributed by atoms with Crippen molar-refractivity contribution in [1.82, 2.24) is 14.8 Å². The number of amides is 2. The number of nitrogens with zero attached hydrogens (tertiary/aromatic N) is 3. The Labute approximate surface area is 262 Å². The lowest BCUT2D eigenvalue weighted by Gasteiger charge is -2.50. The van der Waals surface area contributed by atoms with Gasteiger partial charge in [-0.3, -0.25) is 14.6 Å². The highest BCUT2D eigenvalue weighted by Crippen LogP contribution is 2.35. The Bertz CT molecular complexity index is 1930. The summed E-state index contributed by atoms with van der Waals surface area (Å²) in [6.07, 6.45) is 3.92. The van der Waals surface area contributed by atoms with Gasteiger partial charge in [0.15, 0.2) is 0 Å². The number of hydrogen-bond donors (Lipinski definition) is 1. The molecule has 2 heterocycles. The second kappa shape index (κ2) is 11.9. The Morgan fingerprint density at radius 1 is 0.689 bits per heavy atom. The van der Waals surface area contributed by atoms with Crippen LogP contribution in [-0.2, 0) is 24.2 Å². The number of rotatable bonds is 7. The summed E-state index contributed by atoms with van der Waals surface area (Å²) in [5.41, 5.74) is 2.14. The van der Waals surface area contributed by atoms with Gasteiger partial charge in [0.05, 0.1) is 5.56 Å². The van der Waals surface area contributed by atoms with Crippen molar-refractivity contribution in [1.29, 1.82) is 0 Å². The first-order valence-electron chi connectivity index (χ1n) is 15.2. The minimum absolute atomic E-state index is 0.0969. The molecule has 5 aromatic carbocycles. The van der Waals surface area contributed by atoms with Gasteiger partial charge < -0.3 is 14.9 Å². The van der Waals surface area contributed by atoms with Crippen molar-refractivity contribution in [2.45, 2.75) is 24.9 Å². The van der Waals surface area contributed by atoms with Gasteiger partial charge in [-0.05, 0) is 62.5 Å². The number of hydrogen-bond acceptors (Lipinski definition) is 4. The summed E-state index contributed by atoms with van der Waals surface area (Å²) in [6.45, 7) is 1.15. The molecule has 7 rings (SSSR count). The van der Waals surface area contributed by atoms with Gasteiger partial charge in [-0.2, -0.15) is 0 Å². The second-order valence-electron chi connectivity index (χ2n) is 11.8. The third-order valence-electron chi connectivity index (χ3n) is 8.88. The average molecular weight is 592 g/mol. The van der Waals surface area contributed by atoms with E-state index >= 15 is 4.79 Å². The van der Waals surface area contributed by atoms with Gasteiger partial charge in [-0.1, -0.05) is 97.1 Å². The van der Waals surface area contributed by atoms with Crippen LogP contribution in [0, 0.1) is 0 Å². The van der Waals surface area contributed by atoms with Gasteiger partial charge in [0.1, 0.15) is 11.3 Å². The number of phenols is 1. The number of carbonyl (C=O) groups is 2. The molecule has 1 fully saturated rings. The van der Waals surface area contributed by atoms with Crippen molar-refractivity contribution in [2.24, 2.45) is 0 Å². The van der Waals surface area contributed by atoms with Crippen molar-refractivity contribution < 1.29 is 14.7 Å². The lowest BCUT2D eigenvalue weighted by atomic mass is 9.79. The van der Waals surface area contributed by atoms with Crippen LogP contribution in [0.2, 0.25) is 0 Å². The summed E-state index contributed by atoms with van der Waals surface area (Å²) >= 11 is 0. The van der Waals surface area contributed by atoms with E-state index < -0.39 is 5.54 Å². The summed E-state index contributed by atoms with van der Waals surface area (Å²) in [6, 6.07) is 39.4. The third-order valence-corrected chi connectivity index (χ3v) is 8.88. The lowest BCUT2D eigenvalue weighted by Crippen LogP contribution is -2.69. The molecule has 0 radical (unpaired) electrons. The Hall–Kier alpha value is -5.49. The number of aromatic hydroxyl groups is 1.